The smallest absolute Gasteiger partial charge is 0.274 e. The van der Waals surface area contributed by atoms with Gasteiger partial charge in [0.1, 0.15) is 5.75 Å². The number of nitrogens with zero attached hydrogens (tertiary/aromatic N) is 5. The lowest BCUT2D eigenvalue weighted by atomic mass is 9.89. The Morgan fingerprint density at radius 2 is 1.86 bits per heavy atom. The van der Waals surface area contributed by atoms with Crippen LogP contribution >= 0.6 is 11.8 Å². The molecular formula is C27H39N5O2S. The number of ether oxygens (including phenoxy) is 1. The summed E-state index contributed by atoms with van der Waals surface area (Å²) in [7, 11) is 0. The minimum atomic E-state index is 0.148. The van der Waals surface area contributed by atoms with Gasteiger partial charge in [0.2, 0.25) is 0 Å². The van der Waals surface area contributed by atoms with Gasteiger partial charge in [0.15, 0.2) is 5.69 Å². The van der Waals surface area contributed by atoms with Crippen LogP contribution in [0.3, 0.4) is 0 Å². The molecule has 1 aromatic heterocycles. The summed E-state index contributed by atoms with van der Waals surface area (Å²) in [6.45, 7) is 11.6. The molecule has 0 spiro atoms. The monoisotopic (exact) mass is 497 g/mol. The number of hydrogen-bond donors (Lipinski definition) is 0. The zero-order valence-electron chi connectivity index (χ0n) is 21.2. The topological polar surface area (TPSA) is 53.8 Å². The van der Waals surface area contributed by atoms with Gasteiger partial charge in [-0.1, -0.05) is 19.1 Å². The maximum absolute atomic E-state index is 13.5. The van der Waals surface area contributed by atoms with Crippen molar-refractivity contribution in [1.29, 1.82) is 0 Å². The first kappa shape index (κ1) is 24.5. The summed E-state index contributed by atoms with van der Waals surface area (Å²) in [5.41, 5.74) is 4.46. The van der Waals surface area contributed by atoms with E-state index in [2.05, 4.69) is 39.6 Å². The summed E-state index contributed by atoms with van der Waals surface area (Å²) in [5.74, 6) is 3.19. The van der Waals surface area contributed by atoms with E-state index in [9.17, 15) is 4.79 Å². The maximum atomic E-state index is 13.5. The maximum Gasteiger partial charge on any atom is 0.274 e. The van der Waals surface area contributed by atoms with E-state index in [1.165, 1.54) is 16.9 Å². The van der Waals surface area contributed by atoms with Gasteiger partial charge in [-0.05, 0) is 44.7 Å². The Kier molecular flexibility index (Phi) is 7.88. The fraction of sp³-hybridized carbons (Fsp3) is 0.630. The molecule has 1 atom stereocenters. The van der Waals surface area contributed by atoms with E-state index >= 15 is 0 Å². The molecule has 3 heterocycles. The fourth-order valence-corrected chi connectivity index (χ4v) is 6.69. The molecule has 0 radical (unpaired) electrons. The van der Waals surface area contributed by atoms with Gasteiger partial charge < -0.3 is 14.5 Å². The average molecular weight is 498 g/mol. The molecule has 8 heteroatoms. The Hall–Kier alpha value is -2.19. The second-order valence-electron chi connectivity index (χ2n) is 9.72. The van der Waals surface area contributed by atoms with Crippen LogP contribution in [0.4, 0.5) is 5.69 Å². The van der Waals surface area contributed by atoms with Crippen molar-refractivity contribution in [3.63, 3.8) is 0 Å². The number of aryl methyl sites for hydroxylation is 1. The second kappa shape index (κ2) is 11.2. The zero-order chi connectivity index (χ0) is 24.2. The van der Waals surface area contributed by atoms with E-state index in [0.29, 0.717) is 12.6 Å². The summed E-state index contributed by atoms with van der Waals surface area (Å²) in [6.07, 6.45) is 4.14. The molecule has 2 aliphatic heterocycles. The van der Waals surface area contributed by atoms with Crippen molar-refractivity contribution in [2.75, 3.05) is 62.3 Å². The lowest BCUT2D eigenvalue weighted by Gasteiger charge is -2.42. The van der Waals surface area contributed by atoms with Crippen molar-refractivity contribution < 1.29 is 9.53 Å². The van der Waals surface area contributed by atoms with Crippen molar-refractivity contribution in [3.05, 3.63) is 41.2 Å². The van der Waals surface area contributed by atoms with Gasteiger partial charge >= 0.3 is 0 Å². The Morgan fingerprint density at radius 1 is 1.09 bits per heavy atom. The second-order valence-corrected chi connectivity index (χ2v) is 10.9. The van der Waals surface area contributed by atoms with Crippen molar-refractivity contribution in [3.8, 4) is 5.75 Å². The number of aromatic nitrogens is 2. The first-order valence-electron chi connectivity index (χ1n) is 13.4. The van der Waals surface area contributed by atoms with Gasteiger partial charge in [-0.2, -0.15) is 16.9 Å². The number of anilines is 1. The predicted molar refractivity (Wildman–Crippen MR) is 143 cm³/mol. The van der Waals surface area contributed by atoms with Crippen LogP contribution in [-0.2, 0) is 19.4 Å². The molecule has 0 saturated carbocycles. The van der Waals surface area contributed by atoms with Crippen LogP contribution < -0.4 is 9.64 Å². The largest absolute Gasteiger partial charge is 0.492 e. The molecule has 5 rings (SSSR count). The number of fused-ring (bicyclic) bond motifs is 1. The lowest BCUT2D eigenvalue weighted by Crippen LogP contribution is -2.52. The third-order valence-electron chi connectivity index (χ3n) is 7.59. The summed E-state index contributed by atoms with van der Waals surface area (Å²) in [5, 5.41) is 4.89. The van der Waals surface area contributed by atoms with E-state index in [1.807, 2.05) is 29.7 Å². The number of amides is 1. The van der Waals surface area contributed by atoms with Crippen LogP contribution in [0, 0.1) is 0 Å². The Bertz CT molecular complexity index is 1010. The average Bonchev–Trinajstić information content (AvgIpc) is 3.27. The molecule has 1 amide bonds. The zero-order valence-corrected chi connectivity index (χ0v) is 22.1. The van der Waals surface area contributed by atoms with Crippen molar-refractivity contribution in [2.24, 2.45) is 0 Å². The number of hydrogen-bond acceptors (Lipinski definition) is 6. The molecule has 2 fully saturated rings. The van der Waals surface area contributed by atoms with E-state index in [-0.39, 0.29) is 5.91 Å². The highest BCUT2D eigenvalue weighted by atomic mass is 32.2. The molecule has 3 aliphatic rings. The molecule has 1 aromatic carbocycles. The Morgan fingerprint density at radius 3 is 2.60 bits per heavy atom. The summed E-state index contributed by atoms with van der Waals surface area (Å²) in [6, 6.07) is 8.87. The van der Waals surface area contributed by atoms with Gasteiger partial charge in [0, 0.05) is 74.6 Å². The Labute approximate surface area is 213 Å². The standard InChI is InChI=1S/C27H39N5O2S/c1-3-11-32-23-10-9-21(20-22(23)26(28-32)27(33)31-16-18-35-19-17-31)29-12-14-30(15-13-29)24-7-5-6-8-25(24)34-4-2/h5-8,21H,3-4,9-20H2,1-2H3/t21-/m1/s1. The molecule has 0 bridgehead atoms. The first-order chi connectivity index (χ1) is 17.2. The highest BCUT2D eigenvalue weighted by Gasteiger charge is 2.34. The third-order valence-corrected chi connectivity index (χ3v) is 8.54. The number of benzene rings is 1. The van der Waals surface area contributed by atoms with Gasteiger partial charge in [0.05, 0.1) is 12.3 Å². The van der Waals surface area contributed by atoms with Crippen molar-refractivity contribution >= 4 is 23.4 Å². The van der Waals surface area contributed by atoms with Crippen molar-refractivity contribution in [1.82, 2.24) is 19.6 Å². The molecule has 0 N–H and O–H groups in total. The molecule has 1 aliphatic carbocycles. The van der Waals surface area contributed by atoms with E-state index in [0.717, 1.165) is 94.4 Å². The Balaban J connectivity index is 1.29. The number of carbonyl (C=O) groups is 1. The number of carbonyl (C=O) groups excluding carboxylic acids is 1. The van der Waals surface area contributed by atoms with E-state index < -0.39 is 0 Å². The molecular weight excluding hydrogens is 458 g/mol. The number of thioether (sulfide) groups is 1. The van der Waals surface area contributed by atoms with E-state index in [1.54, 1.807) is 0 Å². The minimum absolute atomic E-state index is 0.148. The van der Waals surface area contributed by atoms with Crippen LogP contribution in [0.15, 0.2) is 24.3 Å². The predicted octanol–water partition coefficient (Wildman–Crippen LogP) is 3.56. The van der Waals surface area contributed by atoms with Gasteiger partial charge in [-0.3, -0.25) is 14.4 Å². The first-order valence-corrected chi connectivity index (χ1v) is 14.5. The van der Waals surface area contributed by atoms with Crippen LogP contribution in [0.25, 0.3) is 0 Å². The highest BCUT2D eigenvalue weighted by Crippen LogP contribution is 2.32. The quantitative estimate of drug-likeness (QED) is 0.583. The van der Waals surface area contributed by atoms with Gasteiger partial charge in [-0.25, -0.2) is 0 Å². The van der Waals surface area contributed by atoms with E-state index in [4.69, 9.17) is 9.84 Å². The number of para-hydroxylation sites is 2. The SMILES string of the molecule is CCCn1nc(C(=O)N2CCSCC2)c2c1CC[C@@H](N1CCN(c3ccccc3OCC)CC1)C2. The summed E-state index contributed by atoms with van der Waals surface area (Å²) in [4.78, 5) is 20.6. The minimum Gasteiger partial charge on any atom is -0.492 e. The molecule has 2 saturated heterocycles. The fourth-order valence-electron chi connectivity index (χ4n) is 5.79. The molecule has 7 nitrogen and oxygen atoms in total. The van der Waals surface area contributed by atoms with Crippen LogP contribution in [0.1, 0.15) is 48.4 Å². The van der Waals surface area contributed by atoms with Crippen LogP contribution in [-0.4, -0.2) is 88.9 Å². The molecule has 190 valence electrons. The summed E-state index contributed by atoms with van der Waals surface area (Å²) >= 11 is 1.94. The van der Waals surface area contributed by atoms with Crippen LogP contribution in [0.5, 0.6) is 5.75 Å². The summed E-state index contributed by atoms with van der Waals surface area (Å²) < 4.78 is 8.02. The number of piperazine rings is 1. The lowest BCUT2D eigenvalue weighted by molar-refractivity contribution is 0.0763. The van der Waals surface area contributed by atoms with Crippen molar-refractivity contribution in [2.45, 2.75) is 52.1 Å². The molecule has 35 heavy (non-hydrogen) atoms. The highest BCUT2D eigenvalue weighted by molar-refractivity contribution is 7.99. The normalized spacial score (nSPS) is 21.1. The van der Waals surface area contributed by atoms with Gasteiger partial charge in [0.25, 0.3) is 5.91 Å². The van der Waals surface area contributed by atoms with Crippen LogP contribution in [0.2, 0.25) is 0 Å². The molecule has 2 aromatic rings. The molecule has 0 unspecified atom stereocenters. The number of rotatable bonds is 7. The van der Waals surface area contributed by atoms with Gasteiger partial charge in [-0.15, -0.1) is 0 Å². The third kappa shape index (κ3) is 5.19.